The Morgan fingerprint density at radius 1 is 1.33 bits per heavy atom. The van der Waals surface area contributed by atoms with Gasteiger partial charge in [-0.1, -0.05) is 6.92 Å². The molecule has 27 heavy (non-hydrogen) atoms. The molecule has 146 valence electrons. The molecule has 5 nitrogen and oxygen atoms in total. The van der Waals surface area contributed by atoms with Gasteiger partial charge >= 0.3 is 5.97 Å². The maximum absolute atomic E-state index is 15.4. The number of nitrogens with one attached hydrogen (secondary N) is 1. The number of nitrogens with zero attached hydrogens (tertiary/aromatic N) is 1. The van der Waals surface area contributed by atoms with Crippen LogP contribution in [0.15, 0.2) is 17.1 Å². The number of aromatic carboxylic acids is 1. The van der Waals surface area contributed by atoms with Crippen molar-refractivity contribution in [3.05, 3.63) is 45.2 Å². The van der Waals surface area contributed by atoms with Gasteiger partial charge in [-0.2, -0.15) is 0 Å². The van der Waals surface area contributed by atoms with Crippen molar-refractivity contribution in [3.8, 4) is 0 Å². The Bertz CT molecular complexity index is 939. The van der Waals surface area contributed by atoms with Crippen LogP contribution >= 0.6 is 0 Å². The van der Waals surface area contributed by atoms with E-state index in [0.717, 1.165) is 31.8 Å². The van der Waals surface area contributed by atoms with Gasteiger partial charge in [-0.25, -0.2) is 13.6 Å². The van der Waals surface area contributed by atoms with Crippen LogP contribution in [0.3, 0.4) is 0 Å². The number of pyridine rings is 1. The van der Waals surface area contributed by atoms with Crippen LogP contribution in [0.2, 0.25) is 0 Å². The zero-order valence-corrected chi connectivity index (χ0v) is 15.5. The Kier molecular flexibility index (Phi) is 5.60. The lowest BCUT2D eigenvalue weighted by Gasteiger charge is -2.18. The van der Waals surface area contributed by atoms with Crippen molar-refractivity contribution >= 4 is 16.9 Å². The van der Waals surface area contributed by atoms with E-state index in [1.54, 1.807) is 6.92 Å². The first-order valence-corrected chi connectivity index (χ1v) is 9.38. The van der Waals surface area contributed by atoms with E-state index in [1.165, 1.54) is 4.57 Å². The number of halogens is 2. The minimum Gasteiger partial charge on any atom is -0.477 e. The molecule has 0 bridgehead atoms. The lowest BCUT2D eigenvalue weighted by molar-refractivity contribution is 0.0695. The molecule has 1 fully saturated rings. The Hall–Kier alpha value is -2.28. The average molecular weight is 378 g/mol. The van der Waals surface area contributed by atoms with Crippen molar-refractivity contribution in [2.45, 2.75) is 45.6 Å². The highest BCUT2D eigenvalue weighted by atomic mass is 19.1. The zero-order chi connectivity index (χ0) is 19.7. The summed E-state index contributed by atoms with van der Waals surface area (Å²) in [5.74, 6) is -2.78. The third kappa shape index (κ3) is 3.48. The van der Waals surface area contributed by atoms with Crippen molar-refractivity contribution in [1.29, 1.82) is 0 Å². The molecule has 0 spiro atoms. The standard InChI is InChI=1S/C20H24F2N2O3/c1-3-23-9-11-5-6-12(7-11)16-15(21)8-13-18(17(16)22)24(4-2)10-14(19(13)25)20(26)27/h8,10-12,23H,3-7,9H2,1-2H3,(H,26,27). The van der Waals surface area contributed by atoms with Gasteiger partial charge in [0.2, 0.25) is 5.43 Å². The van der Waals surface area contributed by atoms with Gasteiger partial charge in [-0.15, -0.1) is 0 Å². The van der Waals surface area contributed by atoms with Crippen LogP contribution in [0.5, 0.6) is 0 Å². The highest BCUT2D eigenvalue weighted by Crippen LogP contribution is 2.41. The first kappa shape index (κ1) is 19.5. The number of carboxylic acid groups (broad SMARTS) is 1. The molecule has 0 saturated heterocycles. The quantitative estimate of drug-likeness (QED) is 0.807. The summed E-state index contributed by atoms with van der Waals surface area (Å²) in [4.78, 5) is 23.7. The van der Waals surface area contributed by atoms with Crippen molar-refractivity contribution in [2.75, 3.05) is 13.1 Å². The molecular weight excluding hydrogens is 354 g/mol. The van der Waals surface area contributed by atoms with E-state index in [-0.39, 0.29) is 28.9 Å². The molecule has 1 aliphatic carbocycles. The van der Waals surface area contributed by atoms with E-state index < -0.39 is 28.6 Å². The molecule has 2 unspecified atom stereocenters. The molecule has 1 aromatic carbocycles. The minimum atomic E-state index is -1.41. The van der Waals surface area contributed by atoms with Gasteiger partial charge in [0.1, 0.15) is 11.4 Å². The van der Waals surface area contributed by atoms with Gasteiger partial charge in [0.15, 0.2) is 5.82 Å². The number of rotatable bonds is 6. The number of aryl methyl sites for hydroxylation is 1. The van der Waals surface area contributed by atoms with Gasteiger partial charge in [0.25, 0.3) is 0 Å². The summed E-state index contributed by atoms with van der Waals surface area (Å²) in [6.07, 6.45) is 3.42. The predicted molar refractivity (Wildman–Crippen MR) is 99.4 cm³/mol. The van der Waals surface area contributed by atoms with E-state index in [9.17, 15) is 19.1 Å². The maximum Gasteiger partial charge on any atom is 0.341 e. The molecule has 1 heterocycles. The Labute approximate surface area is 156 Å². The molecule has 2 N–H and O–H groups in total. The average Bonchev–Trinajstić information content (AvgIpc) is 3.09. The highest BCUT2D eigenvalue weighted by molar-refractivity contribution is 5.93. The third-order valence-corrected chi connectivity index (χ3v) is 5.49. The number of aromatic nitrogens is 1. The van der Waals surface area contributed by atoms with E-state index in [0.29, 0.717) is 18.8 Å². The highest BCUT2D eigenvalue weighted by Gasteiger charge is 2.32. The molecule has 0 radical (unpaired) electrons. The molecule has 2 atom stereocenters. The molecule has 1 saturated carbocycles. The summed E-state index contributed by atoms with van der Waals surface area (Å²) >= 11 is 0. The van der Waals surface area contributed by atoms with Crippen molar-refractivity contribution in [3.63, 3.8) is 0 Å². The summed E-state index contributed by atoms with van der Waals surface area (Å²) in [6.45, 7) is 5.69. The van der Waals surface area contributed by atoms with Crippen molar-refractivity contribution in [2.24, 2.45) is 5.92 Å². The lowest BCUT2D eigenvalue weighted by Crippen LogP contribution is -2.21. The summed E-state index contributed by atoms with van der Waals surface area (Å²) in [5.41, 5.74) is -1.34. The molecule has 7 heteroatoms. The van der Waals surface area contributed by atoms with E-state index in [4.69, 9.17) is 0 Å². The maximum atomic E-state index is 15.4. The monoisotopic (exact) mass is 378 g/mol. The molecule has 1 aliphatic rings. The molecule has 0 amide bonds. The normalized spacial score (nSPS) is 19.7. The van der Waals surface area contributed by atoms with Gasteiger partial charge in [-0.05, 0) is 57.2 Å². The molecule has 0 aliphatic heterocycles. The van der Waals surface area contributed by atoms with Crippen LogP contribution in [0.4, 0.5) is 8.78 Å². The fourth-order valence-corrected chi connectivity index (χ4v) is 4.15. The van der Waals surface area contributed by atoms with Crippen LogP contribution in [0.1, 0.15) is 54.9 Å². The number of benzene rings is 1. The predicted octanol–water partition coefficient (Wildman–Crippen LogP) is 3.49. The number of hydrogen-bond donors (Lipinski definition) is 2. The van der Waals surface area contributed by atoms with Crippen LogP contribution in [-0.4, -0.2) is 28.7 Å². The summed E-state index contributed by atoms with van der Waals surface area (Å²) in [6, 6.07) is 1.01. The first-order valence-electron chi connectivity index (χ1n) is 9.38. The first-order chi connectivity index (χ1) is 12.9. The Balaban J connectivity index is 2.13. The molecular formula is C20H24F2N2O3. The van der Waals surface area contributed by atoms with Gasteiger partial charge in [0.05, 0.1) is 10.9 Å². The second kappa shape index (κ2) is 7.76. The molecule has 3 rings (SSSR count). The topological polar surface area (TPSA) is 71.3 Å². The summed E-state index contributed by atoms with van der Waals surface area (Å²) in [5, 5.41) is 12.3. The lowest BCUT2D eigenvalue weighted by atomic mass is 9.93. The van der Waals surface area contributed by atoms with Gasteiger partial charge < -0.3 is 15.0 Å². The fraction of sp³-hybridized carbons (Fsp3) is 0.500. The van der Waals surface area contributed by atoms with Crippen LogP contribution in [0, 0.1) is 17.6 Å². The molecule has 1 aromatic heterocycles. The van der Waals surface area contributed by atoms with Crippen LogP contribution in [-0.2, 0) is 6.54 Å². The Morgan fingerprint density at radius 3 is 2.70 bits per heavy atom. The smallest absolute Gasteiger partial charge is 0.341 e. The number of fused-ring (bicyclic) bond motifs is 1. The summed E-state index contributed by atoms with van der Waals surface area (Å²) in [7, 11) is 0. The van der Waals surface area contributed by atoms with Crippen LogP contribution in [0.25, 0.3) is 10.9 Å². The summed E-state index contributed by atoms with van der Waals surface area (Å²) < 4.78 is 31.5. The van der Waals surface area contributed by atoms with E-state index >= 15 is 4.39 Å². The van der Waals surface area contributed by atoms with E-state index in [1.807, 2.05) is 6.92 Å². The van der Waals surface area contributed by atoms with Crippen molar-refractivity contribution in [1.82, 2.24) is 9.88 Å². The van der Waals surface area contributed by atoms with Crippen molar-refractivity contribution < 1.29 is 18.7 Å². The van der Waals surface area contributed by atoms with Gasteiger partial charge in [0, 0.05) is 18.3 Å². The number of hydrogen-bond acceptors (Lipinski definition) is 3. The Morgan fingerprint density at radius 2 is 2.07 bits per heavy atom. The van der Waals surface area contributed by atoms with Gasteiger partial charge in [-0.3, -0.25) is 4.79 Å². The number of carboxylic acids is 1. The fourth-order valence-electron chi connectivity index (χ4n) is 4.15. The van der Waals surface area contributed by atoms with Crippen LogP contribution < -0.4 is 10.7 Å². The second-order valence-electron chi connectivity index (χ2n) is 7.13. The SMILES string of the molecule is CCNCC1CCC(c2c(F)cc3c(=O)c(C(=O)O)cn(CC)c3c2F)C1. The number of carbonyl (C=O) groups is 1. The third-order valence-electron chi connectivity index (χ3n) is 5.49. The minimum absolute atomic E-state index is 0.0148. The largest absolute Gasteiger partial charge is 0.477 e. The second-order valence-corrected chi connectivity index (χ2v) is 7.13. The zero-order valence-electron chi connectivity index (χ0n) is 15.5. The molecule has 2 aromatic rings. The van der Waals surface area contributed by atoms with E-state index in [2.05, 4.69) is 5.32 Å².